The molecule has 2 unspecified atom stereocenters. The van der Waals surface area contributed by atoms with Gasteiger partial charge in [-0.25, -0.2) is 8.42 Å². The fraction of sp³-hybridized carbons (Fsp3) is 0. The van der Waals surface area contributed by atoms with Crippen molar-refractivity contribution in [3.63, 3.8) is 0 Å². The molecule has 0 aromatic rings. The van der Waals surface area contributed by atoms with E-state index >= 15 is 0 Å². The normalized spacial score (nSPS) is 17.9. The highest BCUT2D eigenvalue weighted by Gasteiger charge is 1.97. The molecule has 7 heavy (non-hydrogen) atoms. The van der Waals surface area contributed by atoms with Crippen molar-refractivity contribution in [2.24, 2.45) is 0 Å². The van der Waals surface area contributed by atoms with Crippen LogP contribution in [0.25, 0.3) is 0 Å². The Morgan fingerprint density at radius 3 is 2.00 bits per heavy atom. The van der Waals surface area contributed by atoms with Crippen LogP contribution in [0.4, 0.5) is 0 Å². The van der Waals surface area contributed by atoms with Gasteiger partial charge in [0.2, 0.25) is 0 Å². The fourth-order valence-corrected chi connectivity index (χ4v) is 0.907. The molecular weight excluding hydrogens is 156 g/mol. The molecule has 0 rings (SSSR count). The van der Waals surface area contributed by atoms with Crippen LogP contribution in [-0.4, -0.2) is 17.7 Å². The minimum absolute atomic E-state index is 0.746. The van der Waals surface area contributed by atoms with Gasteiger partial charge in [-0.1, -0.05) is 12.2 Å². The van der Waals surface area contributed by atoms with Crippen LogP contribution in [-0.2, 0) is 19.9 Å². The molecule has 0 aliphatic rings. The summed E-state index contributed by atoms with van der Waals surface area (Å²) in [6.45, 7) is 0. The van der Waals surface area contributed by atoms with Crippen molar-refractivity contribution in [3.8, 4) is 0 Å². The van der Waals surface area contributed by atoms with Gasteiger partial charge in [-0.2, -0.15) is 0 Å². The van der Waals surface area contributed by atoms with Gasteiger partial charge < -0.3 is 0 Å². The van der Waals surface area contributed by atoms with E-state index in [0.717, 1.165) is 4.70 Å². The van der Waals surface area contributed by atoms with Crippen molar-refractivity contribution in [2.75, 3.05) is 0 Å². The first kappa shape index (κ1) is 7.35. The lowest BCUT2D eigenvalue weighted by molar-refractivity contribution is 0.577. The van der Waals surface area contributed by atoms with Crippen LogP contribution in [0.3, 0.4) is 0 Å². The molecule has 0 fully saturated rings. The van der Waals surface area contributed by atoms with Crippen molar-refractivity contribution in [2.45, 2.75) is 0 Å². The van der Waals surface area contributed by atoms with Gasteiger partial charge in [0, 0.05) is 0 Å². The molecular formula is CH2O3S3. The third kappa shape index (κ3) is 2.98. The first-order valence-corrected chi connectivity index (χ1v) is 4.46. The summed E-state index contributed by atoms with van der Waals surface area (Å²) in [7, 11) is -4.16. The molecule has 0 saturated heterocycles. The summed E-state index contributed by atoms with van der Waals surface area (Å²) in [6.07, 6.45) is 0. The van der Waals surface area contributed by atoms with E-state index in [1.54, 1.807) is 0 Å². The molecule has 0 aliphatic heterocycles. The SMILES string of the molecule is O=S(O)S(=O)C=S. The molecule has 0 radical (unpaired) electrons. The van der Waals surface area contributed by atoms with Gasteiger partial charge in [-0.3, -0.25) is 4.55 Å². The van der Waals surface area contributed by atoms with Crippen LogP contribution < -0.4 is 0 Å². The van der Waals surface area contributed by atoms with Gasteiger partial charge in [0.1, 0.15) is 0 Å². The van der Waals surface area contributed by atoms with E-state index < -0.39 is 19.9 Å². The lowest BCUT2D eigenvalue weighted by Crippen LogP contribution is -1.95. The Bertz CT molecular complexity index is 117. The summed E-state index contributed by atoms with van der Waals surface area (Å²) in [6, 6.07) is 0. The summed E-state index contributed by atoms with van der Waals surface area (Å²) >= 11 is 4.07. The van der Waals surface area contributed by atoms with E-state index in [0.29, 0.717) is 0 Å². The molecule has 3 nitrogen and oxygen atoms in total. The Kier molecular flexibility index (Phi) is 3.53. The third-order valence-corrected chi connectivity index (χ3v) is 2.68. The molecule has 2 atom stereocenters. The van der Waals surface area contributed by atoms with E-state index in [-0.39, 0.29) is 0 Å². The first-order valence-electron chi connectivity index (χ1n) is 1.15. The fourth-order valence-electron chi connectivity index (χ4n) is 0.0336. The molecule has 0 aromatic heterocycles. The largest absolute Gasteiger partial charge is 0.295 e. The number of thiocarbonyl (C=S) groups is 1. The smallest absolute Gasteiger partial charge is 0.252 e. The highest BCUT2D eigenvalue weighted by atomic mass is 33.1. The van der Waals surface area contributed by atoms with Crippen molar-refractivity contribution in [1.29, 1.82) is 0 Å². The molecule has 6 heteroatoms. The molecule has 0 saturated carbocycles. The number of hydrogen-bond acceptors (Lipinski definition) is 3. The minimum Gasteiger partial charge on any atom is -0.295 e. The Hall–Kier alpha value is 0.350. The average Bonchev–Trinajstić information content (AvgIpc) is 1.65. The highest BCUT2D eigenvalue weighted by molar-refractivity contribution is 8.66. The molecule has 0 aromatic carbocycles. The standard InChI is InChI=1S/CH2O3S3/c2-6(1-5)7(3)4/h1H,(H,3,4). The lowest BCUT2D eigenvalue weighted by atomic mass is 11.9. The van der Waals surface area contributed by atoms with Crippen LogP contribution in [0.15, 0.2) is 0 Å². The zero-order chi connectivity index (χ0) is 5.86. The second kappa shape index (κ2) is 3.36. The Morgan fingerprint density at radius 2 is 2.00 bits per heavy atom. The topological polar surface area (TPSA) is 54.4 Å². The van der Waals surface area contributed by atoms with Gasteiger partial charge in [0.25, 0.3) is 10.1 Å². The minimum atomic E-state index is -2.30. The van der Waals surface area contributed by atoms with Gasteiger partial charge in [-0.05, 0) is 0 Å². The first-order chi connectivity index (χ1) is 3.18. The maximum absolute atomic E-state index is 9.91. The van der Waals surface area contributed by atoms with Crippen LogP contribution in [0.2, 0.25) is 0 Å². The number of rotatable bonds is 2. The second-order valence-corrected chi connectivity index (χ2v) is 4.14. The van der Waals surface area contributed by atoms with Crippen molar-refractivity contribution in [3.05, 3.63) is 0 Å². The van der Waals surface area contributed by atoms with Gasteiger partial charge in [-0.15, -0.1) is 0 Å². The van der Waals surface area contributed by atoms with E-state index in [2.05, 4.69) is 12.2 Å². The Balaban J connectivity index is 3.81. The predicted molar refractivity (Wildman–Crippen MR) is 32.6 cm³/mol. The van der Waals surface area contributed by atoms with Crippen molar-refractivity contribution >= 4 is 36.9 Å². The van der Waals surface area contributed by atoms with Crippen molar-refractivity contribution < 1.29 is 13.0 Å². The van der Waals surface area contributed by atoms with E-state index in [1.165, 1.54) is 0 Å². The summed E-state index contributed by atoms with van der Waals surface area (Å²) in [5.74, 6) is 0. The number of hydrogen-bond donors (Lipinski definition) is 1. The summed E-state index contributed by atoms with van der Waals surface area (Å²) in [5.41, 5.74) is 0. The predicted octanol–water partition coefficient (Wildman–Crippen LogP) is -0.171. The summed E-state index contributed by atoms with van der Waals surface area (Å²) < 4.78 is 28.2. The van der Waals surface area contributed by atoms with Crippen LogP contribution in [0.1, 0.15) is 0 Å². The van der Waals surface area contributed by atoms with Crippen LogP contribution >= 0.6 is 12.2 Å². The molecule has 0 amide bonds. The van der Waals surface area contributed by atoms with E-state index in [1.807, 2.05) is 0 Å². The Labute approximate surface area is 50.2 Å². The summed E-state index contributed by atoms with van der Waals surface area (Å²) in [4.78, 5) is 0. The van der Waals surface area contributed by atoms with Crippen LogP contribution in [0, 0.1) is 0 Å². The van der Waals surface area contributed by atoms with Crippen LogP contribution in [0.5, 0.6) is 0 Å². The zero-order valence-electron chi connectivity index (χ0n) is 3.07. The summed E-state index contributed by atoms with van der Waals surface area (Å²) in [5, 5.41) is 0. The maximum atomic E-state index is 9.91. The zero-order valence-corrected chi connectivity index (χ0v) is 5.52. The van der Waals surface area contributed by atoms with Gasteiger partial charge in [0.05, 0.1) is 4.70 Å². The third-order valence-electron chi connectivity index (χ3n) is 0.219. The monoisotopic (exact) mass is 158 g/mol. The molecule has 1 N–H and O–H groups in total. The maximum Gasteiger partial charge on any atom is 0.252 e. The molecule has 0 heterocycles. The second-order valence-electron chi connectivity index (χ2n) is 0.574. The average molecular weight is 158 g/mol. The molecule has 0 bridgehead atoms. The van der Waals surface area contributed by atoms with E-state index in [9.17, 15) is 8.42 Å². The highest BCUT2D eigenvalue weighted by Crippen LogP contribution is 1.79. The molecule has 0 aliphatic carbocycles. The molecule has 42 valence electrons. The van der Waals surface area contributed by atoms with Crippen molar-refractivity contribution in [1.82, 2.24) is 0 Å². The van der Waals surface area contributed by atoms with Gasteiger partial charge in [0.15, 0.2) is 9.83 Å². The lowest BCUT2D eigenvalue weighted by Gasteiger charge is -1.77. The Morgan fingerprint density at radius 1 is 1.57 bits per heavy atom. The molecule has 0 spiro atoms. The van der Waals surface area contributed by atoms with E-state index in [4.69, 9.17) is 4.55 Å². The quantitative estimate of drug-likeness (QED) is 0.344. The van der Waals surface area contributed by atoms with Gasteiger partial charge >= 0.3 is 0 Å².